The zero-order valence-corrected chi connectivity index (χ0v) is 14.0. The fourth-order valence-corrected chi connectivity index (χ4v) is 3.75. The monoisotopic (exact) mass is 297 g/mol. The molecule has 22 heavy (non-hydrogen) atoms. The number of rotatable bonds is 1. The molecular formula is C20H29N2. The van der Waals surface area contributed by atoms with Crippen LogP contribution in [0.3, 0.4) is 0 Å². The maximum absolute atomic E-state index is 4.89. The van der Waals surface area contributed by atoms with E-state index in [9.17, 15) is 0 Å². The summed E-state index contributed by atoms with van der Waals surface area (Å²) in [6, 6.07) is 6.34. The maximum atomic E-state index is 4.89. The molecule has 2 aliphatic rings. The lowest BCUT2D eigenvalue weighted by atomic mass is 9.92. The molecule has 0 bridgehead atoms. The van der Waals surface area contributed by atoms with Crippen molar-refractivity contribution in [2.24, 2.45) is 10.9 Å². The van der Waals surface area contributed by atoms with Crippen molar-refractivity contribution in [3.63, 3.8) is 0 Å². The van der Waals surface area contributed by atoms with Gasteiger partial charge in [-0.25, -0.2) is 10.3 Å². The Morgan fingerprint density at radius 1 is 0.818 bits per heavy atom. The molecule has 0 spiro atoms. The summed E-state index contributed by atoms with van der Waals surface area (Å²) in [6.07, 6.45) is 15.1. The lowest BCUT2D eigenvalue weighted by molar-refractivity contribution is 0.461. The van der Waals surface area contributed by atoms with Crippen LogP contribution in [-0.2, 0) is 0 Å². The number of aliphatic imine (C=N–C) groups is 1. The van der Waals surface area contributed by atoms with E-state index in [0.717, 1.165) is 17.2 Å². The summed E-state index contributed by atoms with van der Waals surface area (Å²) in [5, 5.41) is 4.85. The molecule has 2 nitrogen and oxygen atoms in total. The molecule has 1 radical (unpaired) electrons. The molecule has 0 N–H and O–H groups in total. The quantitative estimate of drug-likeness (QED) is 0.590. The Hall–Kier alpha value is -1.31. The second kappa shape index (κ2) is 7.80. The molecule has 1 aromatic carbocycles. The lowest BCUT2D eigenvalue weighted by Crippen LogP contribution is -2.20. The SMILES string of the molecule is Cc1cccc2c1N=C(C1CCCCCCCCCCC1)[N]2. The zero-order valence-electron chi connectivity index (χ0n) is 14.0. The van der Waals surface area contributed by atoms with E-state index in [1.54, 1.807) is 0 Å². The topological polar surface area (TPSA) is 26.5 Å². The summed E-state index contributed by atoms with van der Waals surface area (Å²) in [4.78, 5) is 4.89. The van der Waals surface area contributed by atoms with Crippen molar-refractivity contribution in [2.45, 2.75) is 77.6 Å². The molecule has 0 unspecified atom stereocenters. The minimum Gasteiger partial charge on any atom is -0.231 e. The van der Waals surface area contributed by atoms with Gasteiger partial charge >= 0.3 is 0 Å². The van der Waals surface area contributed by atoms with E-state index in [2.05, 4.69) is 25.1 Å². The van der Waals surface area contributed by atoms with Gasteiger partial charge in [0.25, 0.3) is 0 Å². The first-order chi connectivity index (χ1) is 10.8. The van der Waals surface area contributed by atoms with Gasteiger partial charge in [-0.2, -0.15) is 0 Å². The lowest BCUT2D eigenvalue weighted by Gasteiger charge is -2.17. The Balaban J connectivity index is 1.66. The first-order valence-electron chi connectivity index (χ1n) is 9.24. The number of aryl methyl sites for hydroxylation is 1. The van der Waals surface area contributed by atoms with E-state index in [0.29, 0.717) is 5.92 Å². The van der Waals surface area contributed by atoms with E-state index in [1.807, 2.05) is 0 Å². The predicted octanol–water partition coefficient (Wildman–Crippen LogP) is 6.20. The third kappa shape index (κ3) is 3.91. The Labute approximate surface area is 135 Å². The van der Waals surface area contributed by atoms with Crippen LogP contribution in [0, 0.1) is 12.8 Å². The molecule has 119 valence electrons. The molecule has 3 rings (SSSR count). The van der Waals surface area contributed by atoms with Crippen molar-refractivity contribution in [1.82, 2.24) is 5.32 Å². The van der Waals surface area contributed by atoms with Crippen LogP contribution in [0.4, 0.5) is 11.4 Å². The highest BCUT2D eigenvalue weighted by Crippen LogP contribution is 2.36. The van der Waals surface area contributed by atoms with Crippen molar-refractivity contribution >= 4 is 17.2 Å². The number of nitrogens with zero attached hydrogens (tertiary/aromatic N) is 2. The minimum absolute atomic E-state index is 0.575. The first kappa shape index (κ1) is 15.6. The van der Waals surface area contributed by atoms with Gasteiger partial charge in [0.15, 0.2) is 0 Å². The van der Waals surface area contributed by atoms with Crippen molar-refractivity contribution in [3.05, 3.63) is 23.8 Å². The minimum atomic E-state index is 0.575. The van der Waals surface area contributed by atoms with Gasteiger partial charge in [0.1, 0.15) is 5.84 Å². The Morgan fingerprint density at radius 2 is 1.41 bits per heavy atom. The number of fused-ring (bicyclic) bond motifs is 1. The van der Waals surface area contributed by atoms with Crippen LogP contribution in [0.2, 0.25) is 0 Å². The third-order valence-corrected chi connectivity index (χ3v) is 5.15. The largest absolute Gasteiger partial charge is 0.231 e. The molecule has 0 aromatic heterocycles. The van der Waals surface area contributed by atoms with Crippen LogP contribution >= 0.6 is 0 Å². The van der Waals surface area contributed by atoms with Gasteiger partial charge in [-0.15, -0.1) is 0 Å². The Kier molecular flexibility index (Phi) is 5.53. The summed E-state index contributed by atoms with van der Waals surface area (Å²) >= 11 is 0. The Morgan fingerprint density at radius 3 is 2.00 bits per heavy atom. The molecule has 2 heteroatoms. The van der Waals surface area contributed by atoms with Crippen molar-refractivity contribution in [1.29, 1.82) is 0 Å². The number of amidine groups is 1. The summed E-state index contributed by atoms with van der Waals surface area (Å²) in [7, 11) is 0. The van der Waals surface area contributed by atoms with Gasteiger partial charge < -0.3 is 0 Å². The molecule has 1 saturated carbocycles. The second-order valence-corrected chi connectivity index (χ2v) is 6.98. The number of para-hydroxylation sites is 1. The van der Waals surface area contributed by atoms with Crippen molar-refractivity contribution in [3.8, 4) is 0 Å². The molecule has 1 aliphatic heterocycles. The highest BCUT2D eigenvalue weighted by atomic mass is 15.1. The van der Waals surface area contributed by atoms with Crippen LogP contribution < -0.4 is 5.32 Å². The fourth-order valence-electron chi connectivity index (χ4n) is 3.75. The fraction of sp³-hybridized carbons (Fsp3) is 0.650. The van der Waals surface area contributed by atoms with Gasteiger partial charge in [-0.1, -0.05) is 69.9 Å². The molecule has 0 saturated heterocycles. The van der Waals surface area contributed by atoms with Crippen LogP contribution in [0.25, 0.3) is 0 Å². The van der Waals surface area contributed by atoms with Crippen LogP contribution in [-0.4, -0.2) is 5.84 Å². The molecule has 1 aliphatic carbocycles. The van der Waals surface area contributed by atoms with Crippen LogP contribution in [0.15, 0.2) is 23.2 Å². The highest BCUT2D eigenvalue weighted by Gasteiger charge is 2.24. The normalized spacial score (nSPS) is 21.2. The summed E-state index contributed by atoms with van der Waals surface area (Å²) in [6.45, 7) is 2.14. The average Bonchev–Trinajstić information content (AvgIpc) is 2.93. The van der Waals surface area contributed by atoms with Crippen molar-refractivity contribution < 1.29 is 0 Å². The average molecular weight is 297 g/mol. The summed E-state index contributed by atoms with van der Waals surface area (Å²) < 4.78 is 0. The molecule has 0 atom stereocenters. The predicted molar refractivity (Wildman–Crippen MR) is 94.3 cm³/mol. The summed E-state index contributed by atoms with van der Waals surface area (Å²) in [5.74, 6) is 1.69. The molecule has 1 heterocycles. The number of hydrogen-bond acceptors (Lipinski definition) is 1. The summed E-state index contributed by atoms with van der Waals surface area (Å²) in [5.41, 5.74) is 3.45. The number of benzene rings is 1. The van der Waals surface area contributed by atoms with Gasteiger partial charge in [-0.3, -0.25) is 0 Å². The van der Waals surface area contributed by atoms with Gasteiger partial charge in [0, 0.05) is 5.92 Å². The highest BCUT2D eigenvalue weighted by molar-refractivity contribution is 5.98. The smallest absolute Gasteiger partial charge is 0.132 e. The van der Waals surface area contributed by atoms with Gasteiger partial charge in [0.2, 0.25) is 0 Å². The van der Waals surface area contributed by atoms with E-state index < -0.39 is 0 Å². The molecule has 0 amide bonds. The third-order valence-electron chi connectivity index (χ3n) is 5.15. The van der Waals surface area contributed by atoms with Gasteiger partial charge in [0.05, 0.1) is 11.4 Å². The van der Waals surface area contributed by atoms with Crippen LogP contribution in [0.5, 0.6) is 0 Å². The van der Waals surface area contributed by atoms with E-state index in [1.165, 1.54) is 76.2 Å². The van der Waals surface area contributed by atoms with E-state index in [4.69, 9.17) is 10.3 Å². The number of hydrogen-bond donors (Lipinski definition) is 0. The first-order valence-corrected chi connectivity index (χ1v) is 9.24. The van der Waals surface area contributed by atoms with Gasteiger partial charge in [-0.05, 0) is 31.4 Å². The maximum Gasteiger partial charge on any atom is 0.132 e. The second-order valence-electron chi connectivity index (χ2n) is 6.98. The van der Waals surface area contributed by atoms with Crippen LogP contribution in [0.1, 0.15) is 76.2 Å². The van der Waals surface area contributed by atoms with E-state index in [-0.39, 0.29) is 0 Å². The van der Waals surface area contributed by atoms with Crippen molar-refractivity contribution in [2.75, 3.05) is 0 Å². The molecular weight excluding hydrogens is 268 g/mol. The standard InChI is InChI=1S/C20H29N2/c1-16-12-11-15-18-19(16)22-20(21-18)17-13-9-7-5-3-2-4-6-8-10-14-17/h11-12,15,17H,2-10,13-14H2,1H3. The molecule has 1 aromatic rings. The van der Waals surface area contributed by atoms with E-state index >= 15 is 0 Å². The molecule has 1 fully saturated rings. The Bertz CT molecular complexity index is 506. The zero-order chi connectivity index (χ0) is 15.2.